The van der Waals surface area contributed by atoms with Crippen molar-refractivity contribution < 1.29 is 17.9 Å². The number of rotatable bonds is 2. The molecule has 17 heavy (non-hydrogen) atoms. The van der Waals surface area contributed by atoms with Crippen molar-refractivity contribution in [1.82, 2.24) is 0 Å². The Balaban J connectivity index is 2.10. The van der Waals surface area contributed by atoms with Crippen LogP contribution in [0, 0.1) is 5.41 Å². The minimum atomic E-state index is -4.64. The van der Waals surface area contributed by atoms with Crippen LogP contribution in [0.3, 0.4) is 0 Å². The fourth-order valence-electron chi connectivity index (χ4n) is 2.19. The molecule has 0 heterocycles. The molecule has 2 nitrogen and oxygen atoms in total. The van der Waals surface area contributed by atoms with Crippen LogP contribution in [-0.4, -0.2) is 12.4 Å². The van der Waals surface area contributed by atoms with Crippen molar-refractivity contribution in [3.05, 3.63) is 29.8 Å². The third kappa shape index (κ3) is 2.39. The number of ether oxygens (including phenoxy) is 1. The molecule has 2 N–H and O–H groups in total. The first-order chi connectivity index (χ1) is 7.72. The zero-order chi connectivity index (χ0) is 12.8. The summed E-state index contributed by atoms with van der Waals surface area (Å²) < 4.78 is 39.7. The highest BCUT2D eigenvalue weighted by Gasteiger charge is 2.56. The minimum Gasteiger partial charge on any atom is -0.406 e. The number of hydrogen-bond acceptors (Lipinski definition) is 2. The van der Waals surface area contributed by atoms with Gasteiger partial charge in [-0.15, -0.1) is 13.2 Å². The lowest BCUT2D eigenvalue weighted by atomic mass is 10.0. The predicted molar refractivity (Wildman–Crippen MR) is 57.6 cm³/mol. The van der Waals surface area contributed by atoms with E-state index in [1.807, 2.05) is 13.8 Å². The summed E-state index contributed by atoms with van der Waals surface area (Å²) in [6, 6.07) is 5.99. The SMILES string of the molecule is CC1(C)[C@H](N)[C@H]1c1ccc(OC(F)(F)F)cc1. The molecule has 0 amide bonds. The molecule has 0 bridgehead atoms. The lowest BCUT2D eigenvalue weighted by Gasteiger charge is -2.09. The molecule has 5 heteroatoms. The highest BCUT2D eigenvalue weighted by atomic mass is 19.4. The molecule has 1 fully saturated rings. The van der Waals surface area contributed by atoms with E-state index in [4.69, 9.17) is 5.73 Å². The fraction of sp³-hybridized carbons (Fsp3) is 0.500. The van der Waals surface area contributed by atoms with Gasteiger partial charge in [-0.3, -0.25) is 0 Å². The second-order valence-corrected chi connectivity index (χ2v) is 4.94. The third-order valence-corrected chi connectivity index (χ3v) is 3.38. The van der Waals surface area contributed by atoms with Gasteiger partial charge in [0.1, 0.15) is 5.75 Å². The predicted octanol–water partition coefficient (Wildman–Crippen LogP) is 3.04. The smallest absolute Gasteiger partial charge is 0.406 e. The Morgan fingerprint density at radius 1 is 1.18 bits per heavy atom. The molecular formula is C12H14F3NO. The molecular weight excluding hydrogens is 231 g/mol. The molecule has 0 aromatic heterocycles. The average Bonchev–Trinajstić information content (AvgIpc) is 2.65. The summed E-state index contributed by atoms with van der Waals surface area (Å²) in [6.07, 6.45) is -4.64. The minimum absolute atomic E-state index is 0.0202. The van der Waals surface area contributed by atoms with Gasteiger partial charge in [0.15, 0.2) is 0 Å². The first kappa shape index (κ1) is 12.2. The van der Waals surface area contributed by atoms with E-state index in [9.17, 15) is 13.2 Å². The number of alkyl halides is 3. The fourth-order valence-corrected chi connectivity index (χ4v) is 2.19. The van der Waals surface area contributed by atoms with Crippen molar-refractivity contribution >= 4 is 0 Å². The van der Waals surface area contributed by atoms with Crippen molar-refractivity contribution in [2.75, 3.05) is 0 Å². The van der Waals surface area contributed by atoms with E-state index in [2.05, 4.69) is 4.74 Å². The van der Waals surface area contributed by atoms with Crippen molar-refractivity contribution in [2.24, 2.45) is 11.1 Å². The molecule has 1 saturated carbocycles. The van der Waals surface area contributed by atoms with Gasteiger partial charge in [-0.2, -0.15) is 0 Å². The van der Waals surface area contributed by atoms with Crippen LogP contribution in [0.4, 0.5) is 13.2 Å². The Hall–Kier alpha value is -1.23. The van der Waals surface area contributed by atoms with Gasteiger partial charge in [0.2, 0.25) is 0 Å². The molecule has 0 radical (unpaired) electrons. The summed E-state index contributed by atoms with van der Waals surface area (Å²) in [5.74, 6) is 0.00992. The Morgan fingerprint density at radius 3 is 2.00 bits per heavy atom. The Kier molecular flexibility index (Phi) is 2.61. The number of benzene rings is 1. The van der Waals surface area contributed by atoms with Crippen LogP contribution in [0.15, 0.2) is 24.3 Å². The van der Waals surface area contributed by atoms with E-state index in [1.54, 1.807) is 12.1 Å². The maximum atomic E-state index is 12.0. The van der Waals surface area contributed by atoms with Crippen molar-refractivity contribution in [3.8, 4) is 5.75 Å². The molecule has 0 aliphatic heterocycles. The van der Waals surface area contributed by atoms with Crippen LogP contribution >= 0.6 is 0 Å². The molecule has 2 rings (SSSR count). The summed E-state index contributed by atoms with van der Waals surface area (Å²) in [5, 5.41) is 0. The van der Waals surface area contributed by atoms with Gasteiger partial charge in [-0.1, -0.05) is 26.0 Å². The largest absolute Gasteiger partial charge is 0.573 e. The highest BCUT2D eigenvalue weighted by Crippen LogP contribution is 2.57. The molecule has 0 saturated heterocycles. The van der Waals surface area contributed by atoms with E-state index in [0.717, 1.165) is 5.56 Å². The highest BCUT2D eigenvalue weighted by molar-refractivity contribution is 5.37. The lowest BCUT2D eigenvalue weighted by Crippen LogP contribution is -2.17. The van der Waals surface area contributed by atoms with Crippen molar-refractivity contribution in [3.63, 3.8) is 0 Å². The summed E-state index contributed by atoms with van der Waals surface area (Å²) in [5.41, 5.74) is 6.88. The van der Waals surface area contributed by atoms with E-state index < -0.39 is 6.36 Å². The average molecular weight is 245 g/mol. The van der Waals surface area contributed by atoms with E-state index in [0.29, 0.717) is 0 Å². The second-order valence-electron chi connectivity index (χ2n) is 4.94. The number of nitrogens with two attached hydrogens (primary N) is 1. The molecule has 0 spiro atoms. The maximum Gasteiger partial charge on any atom is 0.573 e. The quantitative estimate of drug-likeness (QED) is 0.869. The van der Waals surface area contributed by atoms with Gasteiger partial charge < -0.3 is 10.5 Å². The molecule has 2 atom stereocenters. The molecule has 1 aliphatic carbocycles. The van der Waals surface area contributed by atoms with Crippen LogP contribution in [0.2, 0.25) is 0 Å². The number of halogens is 3. The molecule has 1 aliphatic rings. The van der Waals surface area contributed by atoms with E-state index >= 15 is 0 Å². The molecule has 1 aromatic rings. The van der Waals surface area contributed by atoms with Crippen LogP contribution in [0.5, 0.6) is 5.75 Å². The van der Waals surface area contributed by atoms with Crippen molar-refractivity contribution in [2.45, 2.75) is 32.2 Å². The Bertz CT molecular complexity index is 411. The van der Waals surface area contributed by atoms with Crippen LogP contribution in [0.25, 0.3) is 0 Å². The van der Waals surface area contributed by atoms with Gasteiger partial charge >= 0.3 is 6.36 Å². The monoisotopic (exact) mass is 245 g/mol. The topological polar surface area (TPSA) is 35.2 Å². The first-order valence-electron chi connectivity index (χ1n) is 5.33. The number of hydrogen-bond donors (Lipinski definition) is 1. The zero-order valence-corrected chi connectivity index (χ0v) is 9.58. The van der Waals surface area contributed by atoms with Gasteiger partial charge in [0, 0.05) is 12.0 Å². The van der Waals surface area contributed by atoms with Gasteiger partial charge in [-0.05, 0) is 23.1 Å². The van der Waals surface area contributed by atoms with Crippen LogP contribution in [0.1, 0.15) is 25.3 Å². The summed E-state index contributed by atoms with van der Waals surface area (Å²) in [6.45, 7) is 4.09. The van der Waals surface area contributed by atoms with Gasteiger partial charge in [0.05, 0.1) is 0 Å². The second kappa shape index (κ2) is 3.63. The van der Waals surface area contributed by atoms with Crippen LogP contribution < -0.4 is 10.5 Å². The molecule has 1 aromatic carbocycles. The van der Waals surface area contributed by atoms with Gasteiger partial charge in [-0.25, -0.2) is 0 Å². The lowest BCUT2D eigenvalue weighted by molar-refractivity contribution is -0.274. The first-order valence-corrected chi connectivity index (χ1v) is 5.33. The maximum absolute atomic E-state index is 12.0. The third-order valence-electron chi connectivity index (χ3n) is 3.38. The van der Waals surface area contributed by atoms with Gasteiger partial charge in [0.25, 0.3) is 0 Å². The molecule has 94 valence electrons. The Labute approximate surface area is 97.6 Å². The zero-order valence-electron chi connectivity index (χ0n) is 9.58. The van der Waals surface area contributed by atoms with Crippen LogP contribution in [-0.2, 0) is 0 Å². The van der Waals surface area contributed by atoms with E-state index in [-0.39, 0.29) is 23.1 Å². The van der Waals surface area contributed by atoms with Crippen molar-refractivity contribution in [1.29, 1.82) is 0 Å². The summed E-state index contributed by atoms with van der Waals surface area (Å²) in [4.78, 5) is 0. The Morgan fingerprint density at radius 2 is 1.65 bits per heavy atom. The summed E-state index contributed by atoms with van der Waals surface area (Å²) in [7, 11) is 0. The standard InChI is InChI=1S/C12H14F3NO/c1-11(2)9(10(11)16)7-3-5-8(6-4-7)17-12(13,14)15/h3-6,9-10H,16H2,1-2H3/t9-,10-/m1/s1. The van der Waals surface area contributed by atoms with E-state index in [1.165, 1.54) is 12.1 Å². The normalized spacial score (nSPS) is 26.7. The summed E-state index contributed by atoms with van der Waals surface area (Å²) >= 11 is 0. The molecule has 0 unspecified atom stereocenters.